The first-order valence-corrected chi connectivity index (χ1v) is 4.74. The third-order valence-electron chi connectivity index (χ3n) is 0.609. The second-order valence-electron chi connectivity index (χ2n) is 1.27. The van der Waals surface area contributed by atoms with Crippen LogP contribution in [0.15, 0.2) is 12.4 Å². The minimum atomic E-state index is -3.65. The normalized spacial score (nSPS) is 14.9. The number of hydrogen-bond donors (Lipinski definition) is 1. The first-order valence-electron chi connectivity index (χ1n) is 2.28. The van der Waals surface area contributed by atoms with Crippen LogP contribution in [0.5, 0.6) is 0 Å². The van der Waals surface area contributed by atoms with Crippen LogP contribution in [0.4, 0.5) is 0 Å². The second kappa shape index (κ2) is 4.68. The molecule has 0 heterocycles. The topological polar surface area (TPSA) is 63.6 Å². The Hall–Kier alpha value is -0.100. The van der Waals surface area contributed by atoms with Crippen molar-refractivity contribution in [2.45, 2.75) is 0 Å². The molecule has 0 aromatic heterocycles. The van der Waals surface area contributed by atoms with Gasteiger partial charge in [0.2, 0.25) is 0 Å². The summed E-state index contributed by atoms with van der Waals surface area (Å²) in [6, 6.07) is 0. The van der Waals surface area contributed by atoms with Gasteiger partial charge in [0, 0.05) is 0 Å². The van der Waals surface area contributed by atoms with Crippen molar-refractivity contribution in [3.63, 3.8) is 0 Å². The average molecular weight is 180 g/mol. The standard InChI is InChI=1S/C4H6O4P2/c1-2-10(6,7)8-3-4-9-5/h2H,1,3H2,(H,6,7). The number of rotatable bonds is 3. The van der Waals surface area contributed by atoms with Gasteiger partial charge in [-0.2, -0.15) is 0 Å². The molecule has 0 amide bonds. The van der Waals surface area contributed by atoms with Crippen molar-refractivity contribution in [2.75, 3.05) is 6.61 Å². The average Bonchev–Trinajstić information content (AvgIpc) is 1.89. The van der Waals surface area contributed by atoms with E-state index in [1.54, 1.807) is 0 Å². The zero-order valence-electron chi connectivity index (χ0n) is 5.06. The predicted octanol–water partition coefficient (Wildman–Crippen LogP) is 1.58. The van der Waals surface area contributed by atoms with E-state index in [1.165, 1.54) is 0 Å². The second-order valence-corrected chi connectivity index (χ2v) is 3.52. The maximum absolute atomic E-state index is 10.5. The van der Waals surface area contributed by atoms with Crippen LogP contribution in [-0.4, -0.2) is 11.5 Å². The minimum absolute atomic E-state index is 0.245. The molecule has 0 aliphatic carbocycles. The van der Waals surface area contributed by atoms with Gasteiger partial charge in [0.25, 0.3) is 0 Å². The Balaban J connectivity index is 3.87. The molecule has 0 rings (SSSR count). The van der Waals surface area contributed by atoms with E-state index in [-0.39, 0.29) is 14.5 Å². The van der Waals surface area contributed by atoms with Crippen molar-refractivity contribution in [1.82, 2.24) is 0 Å². The molecule has 0 aromatic carbocycles. The Morgan fingerprint density at radius 2 is 2.50 bits per heavy atom. The van der Waals surface area contributed by atoms with Crippen molar-refractivity contribution in [3.8, 4) is 5.63 Å². The zero-order chi connectivity index (χ0) is 8.04. The van der Waals surface area contributed by atoms with Crippen LogP contribution in [0.2, 0.25) is 0 Å². The predicted molar refractivity (Wildman–Crippen MR) is 37.5 cm³/mol. The first kappa shape index (κ1) is 9.90. The SMILES string of the molecule is C=CP(=O)(O)OCC#P=O. The molecule has 1 N–H and O–H groups in total. The Kier molecular flexibility index (Phi) is 4.63. The molecule has 1 unspecified atom stereocenters. The Morgan fingerprint density at radius 1 is 1.90 bits per heavy atom. The van der Waals surface area contributed by atoms with E-state index in [2.05, 4.69) is 16.7 Å². The third kappa shape index (κ3) is 4.75. The van der Waals surface area contributed by atoms with Gasteiger partial charge in [-0.1, -0.05) is 0 Å². The van der Waals surface area contributed by atoms with Gasteiger partial charge >= 0.3 is 58.7 Å². The van der Waals surface area contributed by atoms with E-state index >= 15 is 0 Å². The van der Waals surface area contributed by atoms with Crippen molar-refractivity contribution < 1.29 is 18.5 Å². The molecular weight excluding hydrogens is 174 g/mol. The maximum atomic E-state index is 10.5. The van der Waals surface area contributed by atoms with Crippen molar-refractivity contribution in [2.24, 2.45) is 0 Å². The van der Waals surface area contributed by atoms with Crippen molar-refractivity contribution in [3.05, 3.63) is 12.4 Å². The summed E-state index contributed by atoms with van der Waals surface area (Å²) < 4.78 is 24.5. The van der Waals surface area contributed by atoms with Crippen LogP contribution >= 0.6 is 15.5 Å². The zero-order valence-corrected chi connectivity index (χ0v) is 6.85. The van der Waals surface area contributed by atoms with Gasteiger partial charge in [-0.3, -0.25) is 0 Å². The van der Waals surface area contributed by atoms with Crippen LogP contribution in [0.3, 0.4) is 0 Å². The van der Waals surface area contributed by atoms with Crippen molar-refractivity contribution >= 4 is 15.5 Å². The van der Waals surface area contributed by atoms with Crippen LogP contribution in [0, 0.1) is 5.63 Å². The molecule has 56 valence electrons. The molecule has 0 saturated carbocycles. The van der Waals surface area contributed by atoms with Gasteiger partial charge in [0.05, 0.1) is 0 Å². The summed E-state index contributed by atoms with van der Waals surface area (Å²) in [5.41, 5.74) is 2.15. The van der Waals surface area contributed by atoms with E-state index < -0.39 is 7.60 Å². The molecule has 0 spiro atoms. The Labute approximate surface area is 59.6 Å². The van der Waals surface area contributed by atoms with Gasteiger partial charge < -0.3 is 0 Å². The van der Waals surface area contributed by atoms with Gasteiger partial charge in [-0.15, -0.1) is 0 Å². The molecule has 0 radical (unpaired) electrons. The van der Waals surface area contributed by atoms with Gasteiger partial charge in [0.15, 0.2) is 0 Å². The fourth-order valence-corrected chi connectivity index (χ4v) is 0.774. The number of hydrogen-bond acceptors (Lipinski definition) is 3. The fourth-order valence-electron chi connectivity index (χ4n) is 0.200. The fraction of sp³-hybridized carbons (Fsp3) is 0.250. The summed E-state index contributed by atoms with van der Waals surface area (Å²) in [7, 11) is -3.99. The summed E-state index contributed by atoms with van der Waals surface area (Å²) in [6.07, 6.45) is 0. The molecule has 1 atom stereocenters. The summed E-state index contributed by atoms with van der Waals surface area (Å²) >= 11 is 0. The molecule has 0 aliphatic heterocycles. The molecule has 0 aliphatic rings. The van der Waals surface area contributed by atoms with Crippen LogP contribution in [-0.2, 0) is 13.7 Å². The third-order valence-corrected chi connectivity index (χ3v) is 1.83. The molecule has 0 fully saturated rings. The molecule has 4 nitrogen and oxygen atoms in total. The molecular formula is C4H6O4P2. The molecule has 0 aromatic rings. The van der Waals surface area contributed by atoms with E-state index in [1.807, 2.05) is 0 Å². The Morgan fingerprint density at radius 3 is 2.90 bits per heavy atom. The van der Waals surface area contributed by atoms with Crippen LogP contribution < -0.4 is 0 Å². The van der Waals surface area contributed by atoms with Crippen molar-refractivity contribution in [1.29, 1.82) is 0 Å². The van der Waals surface area contributed by atoms with E-state index in [4.69, 9.17) is 4.89 Å². The summed E-state index contributed by atoms with van der Waals surface area (Å²) in [4.78, 5) is 8.62. The van der Waals surface area contributed by atoms with Gasteiger partial charge in [-0.25, -0.2) is 0 Å². The first-order chi connectivity index (χ1) is 4.62. The molecule has 0 saturated heterocycles. The summed E-state index contributed by atoms with van der Waals surface area (Å²) in [5.74, 6) is 0.802. The Bertz CT molecular complexity index is 251. The van der Waals surface area contributed by atoms with Gasteiger partial charge in [-0.05, 0) is 0 Å². The molecule has 10 heavy (non-hydrogen) atoms. The molecule has 0 bridgehead atoms. The van der Waals surface area contributed by atoms with Gasteiger partial charge in [0.1, 0.15) is 0 Å². The van der Waals surface area contributed by atoms with Crippen LogP contribution in [0.25, 0.3) is 0 Å². The summed E-state index contributed by atoms with van der Waals surface area (Å²) in [6.45, 7) is 2.82. The monoisotopic (exact) mass is 180 g/mol. The molecule has 6 heteroatoms. The van der Waals surface area contributed by atoms with E-state index in [9.17, 15) is 9.13 Å². The quantitative estimate of drug-likeness (QED) is 0.669. The van der Waals surface area contributed by atoms with E-state index in [0.29, 0.717) is 0 Å². The van der Waals surface area contributed by atoms with Crippen LogP contribution in [0.1, 0.15) is 0 Å². The van der Waals surface area contributed by atoms with E-state index in [0.717, 1.165) is 5.82 Å². The summed E-state index contributed by atoms with van der Waals surface area (Å²) in [5, 5.41) is 0.